The monoisotopic (exact) mass is 536 g/mol. The van der Waals surface area contributed by atoms with Gasteiger partial charge in [0.2, 0.25) is 11.3 Å². The zero-order valence-corrected chi connectivity index (χ0v) is 20.8. The second-order valence-electron chi connectivity index (χ2n) is 9.94. The number of hydrogen-bond acceptors (Lipinski definition) is 6. The van der Waals surface area contributed by atoms with Crippen molar-refractivity contribution in [2.24, 2.45) is 0 Å². The summed E-state index contributed by atoms with van der Waals surface area (Å²) in [7, 11) is 0. The van der Waals surface area contributed by atoms with E-state index in [4.69, 9.17) is 0 Å². The number of benzene rings is 2. The summed E-state index contributed by atoms with van der Waals surface area (Å²) < 4.78 is 31.1. The van der Waals surface area contributed by atoms with E-state index in [1.807, 2.05) is 29.3 Å². The zero-order chi connectivity index (χ0) is 26.3. The van der Waals surface area contributed by atoms with Gasteiger partial charge in [0, 0.05) is 41.4 Å². The Hall–Kier alpha value is -3.86. The van der Waals surface area contributed by atoms with Crippen molar-refractivity contribution in [3.8, 4) is 5.75 Å². The van der Waals surface area contributed by atoms with Crippen molar-refractivity contribution in [2.75, 3.05) is 18.1 Å². The molecule has 5 heterocycles. The molecule has 8 nitrogen and oxygen atoms in total. The topological polar surface area (TPSA) is 86.1 Å². The lowest BCUT2D eigenvalue weighted by Gasteiger charge is -2.54. The van der Waals surface area contributed by atoms with E-state index >= 15 is 4.39 Å². The van der Waals surface area contributed by atoms with Gasteiger partial charge in [-0.05, 0) is 29.7 Å². The van der Waals surface area contributed by atoms with E-state index < -0.39 is 40.9 Å². The Kier molecular flexibility index (Phi) is 5.10. The van der Waals surface area contributed by atoms with Crippen molar-refractivity contribution in [3.05, 3.63) is 92.9 Å². The molecule has 4 aliphatic heterocycles. The van der Waals surface area contributed by atoms with Crippen LogP contribution in [0.5, 0.6) is 5.75 Å². The molecule has 0 radical (unpaired) electrons. The standard InChI is InChI=1S/C27H22F2N4O4S/c28-18-7-6-15-17(23(18)29)13-38-20-4-2-1-3-16(20)24(15)33-21-12-30-14(5-8-22(30)35)11-31(21)27(37)25-26(36)19(34)9-10-32(25)33/h1-4,6-7,9-10,14,21,24,36H,5,8,11-13H2/t14-,21?,24+/m0/s1. The number of hydrogen-bond donors (Lipinski definition) is 1. The van der Waals surface area contributed by atoms with Crippen molar-refractivity contribution >= 4 is 23.6 Å². The fraction of sp³-hybridized carbons (Fsp3) is 0.296. The van der Waals surface area contributed by atoms with Gasteiger partial charge in [0.1, 0.15) is 6.17 Å². The van der Waals surface area contributed by atoms with Crippen molar-refractivity contribution in [3.63, 3.8) is 0 Å². The molecule has 1 N–H and O–H groups in total. The predicted molar refractivity (Wildman–Crippen MR) is 134 cm³/mol. The number of carbonyl (C=O) groups is 2. The smallest absolute Gasteiger partial charge is 0.278 e. The first-order valence-electron chi connectivity index (χ1n) is 12.4. The first-order valence-corrected chi connectivity index (χ1v) is 13.4. The summed E-state index contributed by atoms with van der Waals surface area (Å²) in [5, 5.41) is 12.6. The summed E-state index contributed by atoms with van der Waals surface area (Å²) in [5.41, 5.74) is 0.635. The number of aromatic nitrogens is 1. The van der Waals surface area contributed by atoms with Gasteiger partial charge in [-0.2, -0.15) is 0 Å². The summed E-state index contributed by atoms with van der Waals surface area (Å²) in [6.45, 7) is 0.439. The van der Waals surface area contributed by atoms with Crippen LogP contribution in [-0.2, 0) is 10.5 Å². The van der Waals surface area contributed by atoms with E-state index in [0.717, 1.165) is 16.5 Å². The van der Waals surface area contributed by atoms with Gasteiger partial charge in [0.15, 0.2) is 23.1 Å². The molecule has 0 saturated carbocycles. The number of rotatable bonds is 1. The van der Waals surface area contributed by atoms with E-state index in [2.05, 4.69) is 0 Å². The number of fused-ring (bicyclic) bond motifs is 5. The van der Waals surface area contributed by atoms with Crippen LogP contribution in [0.2, 0.25) is 0 Å². The van der Waals surface area contributed by atoms with Gasteiger partial charge in [-0.15, -0.1) is 11.8 Å². The van der Waals surface area contributed by atoms with Gasteiger partial charge in [-0.1, -0.05) is 24.3 Å². The minimum atomic E-state index is -0.950. The highest BCUT2D eigenvalue weighted by Crippen LogP contribution is 2.45. The molecule has 4 aliphatic rings. The fourth-order valence-corrected chi connectivity index (χ4v) is 7.35. The molecule has 7 rings (SSSR count). The Morgan fingerprint density at radius 2 is 1.76 bits per heavy atom. The van der Waals surface area contributed by atoms with Crippen LogP contribution in [-0.4, -0.2) is 56.7 Å². The Morgan fingerprint density at radius 1 is 0.947 bits per heavy atom. The third-order valence-corrected chi connectivity index (χ3v) is 9.14. The molecule has 38 heavy (non-hydrogen) atoms. The molecule has 3 atom stereocenters. The molecule has 0 bridgehead atoms. The van der Waals surface area contributed by atoms with Gasteiger partial charge < -0.3 is 14.9 Å². The number of piperazine rings is 1. The van der Waals surface area contributed by atoms with Gasteiger partial charge in [-0.3, -0.25) is 24.1 Å². The number of thioether (sulfide) groups is 1. The highest BCUT2D eigenvalue weighted by Gasteiger charge is 2.51. The maximum atomic E-state index is 15.3. The number of nitrogens with zero attached hydrogens (tertiary/aromatic N) is 4. The molecule has 2 fully saturated rings. The first kappa shape index (κ1) is 23.3. The zero-order valence-electron chi connectivity index (χ0n) is 20.0. The summed E-state index contributed by atoms with van der Waals surface area (Å²) in [6.07, 6.45) is 1.73. The van der Waals surface area contributed by atoms with Crippen molar-refractivity contribution in [2.45, 2.75) is 41.7 Å². The Morgan fingerprint density at radius 3 is 2.61 bits per heavy atom. The molecule has 0 spiro atoms. The molecular formula is C27H22F2N4O4S. The number of halogens is 2. The summed E-state index contributed by atoms with van der Waals surface area (Å²) in [6, 6.07) is 10.5. The van der Waals surface area contributed by atoms with Gasteiger partial charge in [0.25, 0.3) is 5.91 Å². The average molecular weight is 537 g/mol. The van der Waals surface area contributed by atoms with Crippen molar-refractivity contribution in [1.29, 1.82) is 0 Å². The maximum Gasteiger partial charge on any atom is 0.278 e. The molecular weight excluding hydrogens is 514 g/mol. The largest absolute Gasteiger partial charge is 0.502 e. The van der Waals surface area contributed by atoms with Crippen LogP contribution in [0.25, 0.3) is 0 Å². The lowest BCUT2D eigenvalue weighted by molar-refractivity contribution is -0.132. The summed E-state index contributed by atoms with van der Waals surface area (Å²) >= 11 is 1.39. The molecule has 1 aromatic heterocycles. The van der Waals surface area contributed by atoms with Crippen LogP contribution in [0.3, 0.4) is 0 Å². The SMILES string of the molecule is O=C1c2c(O)c(=O)ccn2N([C@H]2c3ccccc3SCc3c2ccc(F)c3F)C2CN3C(=O)CC[C@H]3CN12. The maximum absolute atomic E-state index is 15.3. The Labute approximate surface area is 220 Å². The highest BCUT2D eigenvalue weighted by molar-refractivity contribution is 7.98. The third-order valence-electron chi connectivity index (χ3n) is 8.03. The lowest BCUT2D eigenvalue weighted by atomic mass is 9.92. The average Bonchev–Trinajstić information content (AvgIpc) is 3.19. The molecule has 2 saturated heterocycles. The summed E-state index contributed by atoms with van der Waals surface area (Å²) in [5.74, 6) is -2.87. The minimum Gasteiger partial charge on any atom is -0.502 e. The number of amides is 2. The van der Waals surface area contributed by atoms with E-state index in [1.54, 1.807) is 15.9 Å². The molecule has 3 aromatic rings. The van der Waals surface area contributed by atoms with Crippen molar-refractivity contribution < 1.29 is 23.5 Å². The second kappa shape index (κ2) is 8.32. The molecule has 2 aromatic carbocycles. The van der Waals surface area contributed by atoms with Gasteiger partial charge in [0.05, 0.1) is 18.6 Å². The van der Waals surface area contributed by atoms with Crippen LogP contribution in [0.1, 0.15) is 46.1 Å². The quantitative estimate of drug-likeness (QED) is 0.515. The van der Waals surface area contributed by atoms with E-state index in [9.17, 15) is 23.9 Å². The van der Waals surface area contributed by atoms with Crippen LogP contribution >= 0.6 is 11.8 Å². The molecule has 1 unspecified atom stereocenters. The van der Waals surface area contributed by atoms with Crippen LogP contribution in [0, 0.1) is 11.6 Å². The number of pyridine rings is 1. The number of aromatic hydroxyl groups is 1. The van der Waals surface area contributed by atoms with Crippen LogP contribution < -0.4 is 10.4 Å². The lowest BCUT2D eigenvalue weighted by Crippen LogP contribution is -2.70. The predicted octanol–water partition coefficient (Wildman–Crippen LogP) is 2.95. The Bertz CT molecular complexity index is 1590. The van der Waals surface area contributed by atoms with E-state index in [-0.39, 0.29) is 42.0 Å². The van der Waals surface area contributed by atoms with E-state index in [1.165, 1.54) is 28.7 Å². The van der Waals surface area contributed by atoms with E-state index in [0.29, 0.717) is 18.4 Å². The third kappa shape index (κ3) is 3.17. The van der Waals surface area contributed by atoms with Gasteiger partial charge >= 0.3 is 0 Å². The van der Waals surface area contributed by atoms with Crippen molar-refractivity contribution in [1.82, 2.24) is 14.5 Å². The minimum absolute atomic E-state index is 0.000868. The summed E-state index contributed by atoms with van der Waals surface area (Å²) in [4.78, 5) is 43.2. The fourth-order valence-electron chi connectivity index (χ4n) is 6.24. The normalized spacial score (nSPS) is 23.8. The second-order valence-corrected chi connectivity index (χ2v) is 11.0. The first-order chi connectivity index (χ1) is 18.3. The highest BCUT2D eigenvalue weighted by atomic mass is 32.2. The number of carbonyl (C=O) groups excluding carboxylic acids is 2. The molecule has 2 amide bonds. The molecule has 194 valence electrons. The molecule has 11 heteroatoms. The van der Waals surface area contributed by atoms with Crippen LogP contribution in [0.4, 0.5) is 8.78 Å². The van der Waals surface area contributed by atoms with Crippen LogP contribution in [0.15, 0.2) is 58.4 Å². The van der Waals surface area contributed by atoms with Gasteiger partial charge in [-0.25, -0.2) is 8.78 Å². The Balaban J connectivity index is 1.52. The molecule has 0 aliphatic carbocycles.